The van der Waals surface area contributed by atoms with Gasteiger partial charge in [-0.15, -0.1) is 0 Å². The van der Waals surface area contributed by atoms with Crippen molar-refractivity contribution in [2.24, 2.45) is 0 Å². The maximum absolute atomic E-state index is 0. The van der Waals surface area contributed by atoms with Gasteiger partial charge in [-0.3, -0.25) is 0 Å². The summed E-state index contributed by atoms with van der Waals surface area (Å²) in [5.74, 6) is 0. The molecule has 0 aromatic heterocycles. The van der Waals surface area contributed by atoms with Crippen LogP contribution in [-0.4, -0.2) is 0 Å². The van der Waals surface area contributed by atoms with E-state index in [1.807, 2.05) is 0 Å². The zero-order valence-electron chi connectivity index (χ0n) is 1.63. The average Bonchev–Trinajstić information content (AvgIpc) is 0. The second kappa shape index (κ2) is 16.9. The largest absolute Gasteiger partial charge is 0 e. The van der Waals surface area contributed by atoms with E-state index in [4.69, 9.17) is 0 Å². The number of rotatable bonds is 0. The molecule has 0 aliphatic carbocycles. The van der Waals surface area contributed by atoms with Crippen molar-refractivity contribution in [3.8, 4) is 0 Å². The molecule has 0 heterocycles. The summed E-state index contributed by atoms with van der Waals surface area (Å²) in [7, 11) is 0. The molecule has 0 saturated heterocycles. The molecule has 0 unspecified atom stereocenters. The van der Waals surface area contributed by atoms with Crippen LogP contribution < -0.4 is 0 Å². The first-order valence-electron chi connectivity index (χ1n) is 0. The molecular formula is AgCuHgPt. The predicted octanol–water partition coefficient (Wildman–Crippen LogP) is -0.0100. The molecule has 34 valence electrons. The standard InChI is InChI=1S/Ag.Cu.Hg.Pt. The van der Waals surface area contributed by atoms with Crippen LogP contribution in [0.3, 0.4) is 0 Å². The Morgan fingerprint density at radius 2 is 1.00 bits per heavy atom. The molecule has 2 radical (unpaired) electrons. The van der Waals surface area contributed by atoms with Crippen LogP contribution in [0, 0.1) is 0 Å². The molecule has 0 aliphatic rings. The second-order valence-corrected chi connectivity index (χ2v) is 0. The number of hydrogen-bond acceptors (Lipinski definition) is 0. The monoisotopic (exact) mass is 567 g/mol. The maximum atomic E-state index is 0. The normalized spacial score (nSPS) is 0. The fourth-order valence-corrected chi connectivity index (χ4v) is 0. The molecule has 0 spiro atoms. The Kier molecular flexibility index (Phi) is 121. The van der Waals surface area contributed by atoms with E-state index in [0.29, 0.717) is 0 Å². The van der Waals surface area contributed by atoms with Crippen molar-refractivity contribution in [2.45, 2.75) is 0 Å². The quantitative estimate of drug-likeness (QED) is 0.362. The van der Waals surface area contributed by atoms with Crippen molar-refractivity contribution in [3.63, 3.8) is 0 Å². The van der Waals surface area contributed by atoms with Gasteiger partial charge in [-0.1, -0.05) is 0 Å². The molecule has 4 heteroatoms. The topological polar surface area (TPSA) is 0 Å². The van der Waals surface area contributed by atoms with Crippen molar-refractivity contribution in [1.29, 1.82) is 0 Å². The first kappa shape index (κ1) is 28.7. The first-order valence-corrected chi connectivity index (χ1v) is 0. The molecule has 0 aliphatic heterocycles. The van der Waals surface area contributed by atoms with Gasteiger partial charge in [0.2, 0.25) is 0 Å². The molecule has 0 N–H and O–H groups in total. The van der Waals surface area contributed by atoms with Gasteiger partial charge in [0, 0.05) is 88.2 Å². The van der Waals surface area contributed by atoms with Gasteiger partial charge in [-0.25, -0.2) is 0 Å². The van der Waals surface area contributed by atoms with E-state index < -0.39 is 0 Å². The molecule has 0 rings (SSSR count). The summed E-state index contributed by atoms with van der Waals surface area (Å²) in [4.78, 5) is 0. The Morgan fingerprint density at radius 3 is 1.00 bits per heavy atom. The van der Waals surface area contributed by atoms with Gasteiger partial charge in [0.25, 0.3) is 0 Å². The van der Waals surface area contributed by atoms with Crippen LogP contribution in [0.25, 0.3) is 0 Å². The smallest absolute Gasteiger partial charge is 0 e. The van der Waals surface area contributed by atoms with E-state index in [1.165, 1.54) is 0 Å². The van der Waals surface area contributed by atoms with Crippen LogP contribution in [0.15, 0.2) is 0 Å². The zero-order valence-corrected chi connectivity index (χ0v) is 11.8. The van der Waals surface area contributed by atoms with E-state index in [-0.39, 0.29) is 88.2 Å². The van der Waals surface area contributed by atoms with Crippen molar-refractivity contribution < 1.29 is 88.2 Å². The Labute approximate surface area is 86.6 Å². The fraction of sp³-hybridized carbons (Fsp3) is 0. The second-order valence-electron chi connectivity index (χ2n) is 0. The van der Waals surface area contributed by atoms with E-state index >= 15 is 0 Å². The average molecular weight is 567 g/mol. The summed E-state index contributed by atoms with van der Waals surface area (Å²) in [5.41, 5.74) is 0. The van der Waals surface area contributed by atoms with Crippen molar-refractivity contribution in [2.75, 3.05) is 0 Å². The van der Waals surface area contributed by atoms with Crippen LogP contribution in [0.4, 0.5) is 0 Å². The summed E-state index contributed by atoms with van der Waals surface area (Å²) >= 11 is 0. The van der Waals surface area contributed by atoms with Gasteiger partial charge in [-0.2, -0.15) is 0 Å². The summed E-state index contributed by atoms with van der Waals surface area (Å²) in [6, 6.07) is 0. The fourth-order valence-electron chi connectivity index (χ4n) is 0. The minimum Gasteiger partial charge on any atom is 0 e. The summed E-state index contributed by atoms with van der Waals surface area (Å²) in [6.45, 7) is 0. The van der Waals surface area contributed by atoms with Gasteiger partial charge in [0.15, 0.2) is 0 Å². The molecule has 0 aromatic carbocycles. The summed E-state index contributed by atoms with van der Waals surface area (Å²) in [6.07, 6.45) is 0. The van der Waals surface area contributed by atoms with E-state index in [0.717, 1.165) is 0 Å². The minimum absolute atomic E-state index is 0. The molecule has 0 fully saturated rings. The first-order chi connectivity index (χ1) is 0. The molecular weight excluding hydrogens is 567 g/mol. The number of hydrogen-bond donors (Lipinski definition) is 0. The molecule has 0 bridgehead atoms. The van der Waals surface area contributed by atoms with Crippen LogP contribution in [-0.2, 0) is 88.2 Å². The molecule has 4 heavy (non-hydrogen) atoms. The Morgan fingerprint density at radius 1 is 1.00 bits per heavy atom. The van der Waals surface area contributed by atoms with E-state index in [9.17, 15) is 0 Å². The van der Waals surface area contributed by atoms with Crippen LogP contribution in [0.1, 0.15) is 0 Å². The SMILES string of the molecule is [Ag].[Cu].[Hg].[Pt]. The molecule has 0 saturated carbocycles. The minimum atomic E-state index is 0. The van der Waals surface area contributed by atoms with Crippen molar-refractivity contribution in [1.82, 2.24) is 0 Å². The molecule has 0 aromatic rings. The third-order valence-electron chi connectivity index (χ3n) is 0. The third-order valence-corrected chi connectivity index (χ3v) is 0. The Bertz CT molecular complexity index is 8.00. The molecule has 0 atom stereocenters. The predicted molar refractivity (Wildman–Crippen MR) is 0 cm³/mol. The third kappa shape index (κ3) is 8.86. The van der Waals surface area contributed by atoms with Crippen LogP contribution in [0.5, 0.6) is 0 Å². The zero-order chi connectivity index (χ0) is 0. The Hall–Kier alpha value is 2.88. The maximum Gasteiger partial charge on any atom is 0 e. The van der Waals surface area contributed by atoms with E-state index in [2.05, 4.69) is 0 Å². The Balaban J connectivity index is 0. The van der Waals surface area contributed by atoms with Gasteiger partial charge >= 0.3 is 0 Å². The molecule has 0 nitrogen and oxygen atoms in total. The van der Waals surface area contributed by atoms with Crippen LogP contribution >= 0.6 is 0 Å². The van der Waals surface area contributed by atoms with E-state index in [1.54, 1.807) is 0 Å². The van der Waals surface area contributed by atoms with Gasteiger partial charge in [0.05, 0.1) is 0 Å². The van der Waals surface area contributed by atoms with Crippen molar-refractivity contribution >= 4 is 0 Å². The molecule has 0 amide bonds. The van der Waals surface area contributed by atoms with Crippen LogP contribution in [0.2, 0.25) is 0 Å². The van der Waals surface area contributed by atoms with Gasteiger partial charge < -0.3 is 0 Å². The summed E-state index contributed by atoms with van der Waals surface area (Å²) in [5, 5.41) is 0. The van der Waals surface area contributed by atoms with Gasteiger partial charge in [-0.05, 0) is 0 Å². The summed E-state index contributed by atoms with van der Waals surface area (Å²) < 4.78 is 0. The van der Waals surface area contributed by atoms with Gasteiger partial charge in [0.1, 0.15) is 0 Å². The van der Waals surface area contributed by atoms with Crippen molar-refractivity contribution in [3.05, 3.63) is 0 Å².